The summed E-state index contributed by atoms with van der Waals surface area (Å²) in [6.07, 6.45) is 0. The Kier molecular flexibility index (Phi) is 10.5. The molecule has 0 rings (SSSR count). The molecule has 0 N–H and O–H groups in total. The summed E-state index contributed by atoms with van der Waals surface area (Å²) in [5.41, 5.74) is 0. The SMILES string of the molecule is CO[SiH3].CO[Si](C)(OC)OC. The highest BCUT2D eigenvalue weighted by atomic mass is 28.4. The maximum atomic E-state index is 4.93. The first-order valence-corrected chi connectivity index (χ1v) is 6.19. The van der Waals surface area contributed by atoms with E-state index in [0.29, 0.717) is 0 Å². The summed E-state index contributed by atoms with van der Waals surface area (Å²) in [6.45, 7) is 1.83. The largest absolute Gasteiger partial charge is 0.496 e. The van der Waals surface area contributed by atoms with Crippen molar-refractivity contribution in [3.63, 3.8) is 0 Å². The van der Waals surface area contributed by atoms with Gasteiger partial charge >= 0.3 is 8.80 Å². The van der Waals surface area contributed by atoms with E-state index >= 15 is 0 Å². The van der Waals surface area contributed by atoms with Crippen molar-refractivity contribution in [1.82, 2.24) is 0 Å². The molecule has 0 amide bonds. The van der Waals surface area contributed by atoms with E-state index in [0.717, 1.165) is 10.5 Å². The minimum absolute atomic E-state index is 0.869. The Hall–Kier alpha value is 0.274. The van der Waals surface area contributed by atoms with Crippen molar-refractivity contribution in [2.45, 2.75) is 6.55 Å². The molecule has 0 aromatic carbocycles. The average Bonchev–Trinajstić information content (AvgIpc) is 2.05. The predicted octanol–water partition coefficient (Wildman–Crippen LogP) is -0.593. The Morgan fingerprint density at radius 3 is 1.09 bits per heavy atom. The maximum absolute atomic E-state index is 4.93. The normalized spacial score (nSPS) is 10.6. The Balaban J connectivity index is 0. The van der Waals surface area contributed by atoms with E-state index in [2.05, 4.69) is 4.43 Å². The fourth-order valence-electron chi connectivity index (χ4n) is 0.250. The number of hydrogen-bond donors (Lipinski definition) is 0. The second-order valence-corrected chi connectivity index (χ2v) is 5.65. The zero-order valence-electron chi connectivity index (χ0n) is 8.13. The molecule has 0 bridgehead atoms. The van der Waals surface area contributed by atoms with E-state index in [-0.39, 0.29) is 0 Å². The summed E-state index contributed by atoms with van der Waals surface area (Å²) in [5, 5.41) is 0. The van der Waals surface area contributed by atoms with E-state index in [1.165, 1.54) is 0 Å². The smallest absolute Gasteiger partial charge is 0.431 e. The molecule has 0 spiro atoms. The van der Waals surface area contributed by atoms with Gasteiger partial charge in [-0.1, -0.05) is 0 Å². The van der Waals surface area contributed by atoms with Crippen LogP contribution in [0.5, 0.6) is 0 Å². The van der Waals surface area contributed by atoms with Crippen molar-refractivity contribution in [1.29, 1.82) is 0 Å². The van der Waals surface area contributed by atoms with Crippen LogP contribution in [0, 0.1) is 0 Å². The van der Waals surface area contributed by atoms with Crippen LogP contribution in [0.1, 0.15) is 0 Å². The van der Waals surface area contributed by atoms with Crippen molar-refractivity contribution in [3.05, 3.63) is 0 Å². The highest BCUT2D eigenvalue weighted by Gasteiger charge is 2.29. The second kappa shape index (κ2) is 8.37. The van der Waals surface area contributed by atoms with Crippen LogP contribution in [0.4, 0.5) is 0 Å². The highest BCUT2D eigenvalue weighted by Crippen LogP contribution is 2.02. The van der Waals surface area contributed by atoms with Gasteiger partial charge in [-0.05, 0) is 0 Å². The topological polar surface area (TPSA) is 36.9 Å². The lowest BCUT2D eigenvalue weighted by molar-refractivity contribution is 0.132. The van der Waals surface area contributed by atoms with Crippen molar-refractivity contribution < 1.29 is 17.7 Å². The predicted molar refractivity (Wildman–Crippen MR) is 49.6 cm³/mol. The molecule has 0 saturated heterocycles. The van der Waals surface area contributed by atoms with Gasteiger partial charge in [-0.3, -0.25) is 0 Å². The maximum Gasteiger partial charge on any atom is 0.496 e. The lowest BCUT2D eigenvalue weighted by Crippen LogP contribution is -2.38. The van der Waals surface area contributed by atoms with Crippen molar-refractivity contribution >= 4 is 19.3 Å². The molecule has 11 heavy (non-hydrogen) atoms. The Morgan fingerprint density at radius 2 is 1.09 bits per heavy atom. The lowest BCUT2D eigenvalue weighted by Gasteiger charge is -2.18. The summed E-state index contributed by atoms with van der Waals surface area (Å²) in [5.74, 6) is 0. The third kappa shape index (κ3) is 8.18. The van der Waals surface area contributed by atoms with Gasteiger partial charge in [0.05, 0.1) is 0 Å². The fourth-order valence-corrected chi connectivity index (χ4v) is 0.750. The molecule has 0 saturated carbocycles. The number of rotatable bonds is 3. The molecular formula is C5H18O4Si2. The summed E-state index contributed by atoms with van der Waals surface area (Å²) in [6, 6.07) is 0. The molecule has 0 fully saturated rings. The van der Waals surface area contributed by atoms with Crippen LogP contribution < -0.4 is 0 Å². The standard InChI is InChI=1S/C4H12O3Si.CH6OSi/c1-5-8(4,6-2)7-3;1-2-3/h1-4H3;1,3H3. The molecule has 0 aromatic rings. The molecule has 6 heteroatoms. The van der Waals surface area contributed by atoms with Gasteiger partial charge in [-0.25, -0.2) is 0 Å². The Morgan fingerprint density at radius 1 is 0.909 bits per heavy atom. The van der Waals surface area contributed by atoms with Gasteiger partial charge in [0, 0.05) is 35.0 Å². The minimum atomic E-state index is -2.17. The minimum Gasteiger partial charge on any atom is -0.431 e. The van der Waals surface area contributed by atoms with Gasteiger partial charge < -0.3 is 17.7 Å². The molecule has 0 atom stereocenters. The van der Waals surface area contributed by atoms with Crippen LogP contribution in [-0.2, 0) is 17.7 Å². The second-order valence-electron chi connectivity index (χ2n) is 1.88. The van der Waals surface area contributed by atoms with Gasteiger partial charge in [0.25, 0.3) is 0 Å². The molecule has 0 aliphatic heterocycles. The Labute approximate surface area is 72.7 Å². The molecule has 0 radical (unpaired) electrons. The van der Waals surface area contributed by atoms with Crippen LogP contribution in [0.2, 0.25) is 6.55 Å². The van der Waals surface area contributed by atoms with Crippen LogP contribution in [0.3, 0.4) is 0 Å². The third-order valence-corrected chi connectivity index (χ3v) is 3.34. The summed E-state index contributed by atoms with van der Waals surface area (Å²) < 4.78 is 19.2. The van der Waals surface area contributed by atoms with Crippen molar-refractivity contribution in [2.75, 3.05) is 28.4 Å². The molecule has 4 nitrogen and oxygen atoms in total. The van der Waals surface area contributed by atoms with Crippen molar-refractivity contribution in [2.24, 2.45) is 0 Å². The third-order valence-electron chi connectivity index (χ3n) is 1.11. The molecule has 0 unspecified atom stereocenters. The van der Waals surface area contributed by atoms with E-state index in [4.69, 9.17) is 13.3 Å². The fraction of sp³-hybridized carbons (Fsp3) is 1.00. The lowest BCUT2D eigenvalue weighted by atomic mass is 11.8. The number of hydrogen-bond acceptors (Lipinski definition) is 4. The van der Waals surface area contributed by atoms with Gasteiger partial charge in [0.1, 0.15) is 10.5 Å². The van der Waals surface area contributed by atoms with E-state index in [1.54, 1.807) is 28.4 Å². The zero-order valence-corrected chi connectivity index (χ0v) is 11.1. The van der Waals surface area contributed by atoms with Crippen LogP contribution in [0.15, 0.2) is 0 Å². The van der Waals surface area contributed by atoms with Crippen molar-refractivity contribution in [3.8, 4) is 0 Å². The summed E-state index contributed by atoms with van der Waals surface area (Å²) in [4.78, 5) is 0. The van der Waals surface area contributed by atoms with Gasteiger partial charge in [0.2, 0.25) is 0 Å². The summed E-state index contributed by atoms with van der Waals surface area (Å²) >= 11 is 0. The monoisotopic (exact) mass is 198 g/mol. The quantitative estimate of drug-likeness (QED) is 0.568. The van der Waals surface area contributed by atoms with E-state index < -0.39 is 8.80 Å². The first-order valence-electron chi connectivity index (χ1n) is 3.15. The summed E-state index contributed by atoms with van der Waals surface area (Å²) in [7, 11) is 5.13. The van der Waals surface area contributed by atoms with Gasteiger partial charge in [-0.15, -0.1) is 0 Å². The molecular weight excluding hydrogens is 180 g/mol. The van der Waals surface area contributed by atoms with E-state index in [1.807, 2.05) is 6.55 Å². The molecule has 0 aliphatic rings. The molecule has 0 heterocycles. The first-order chi connectivity index (χ1) is 5.10. The van der Waals surface area contributed by atoms with Crippen LogP contribution >= 0.6 is 0 Å². The molecule has 0 aliphatic carbocycles. The van der Waals surface area contributed by atoms with Gasteiger partial charge in [-0.2, -0.15) is 0 Å². The van der Waals surface area contributed by atoms with Crippen LogP contribution in [0.25, 0.3) is 0 Å². The zero-order chi connectivity index (χ0) is 9.33. The highest BCUT2D eigenvalue weighted by molar-refractivity contribution is 6.58. The molecule has 70 valence electrons. The first kappa shape index (κ1) is 13.8. The molecule has 0 aromatic heterocycles. The average molecular weight is 198 g/mol. The van der Waals surface area contributed by atoms with E-state index in [9.17, 15) is 0 Å². The Bertz CT molecular complexity index is 68.6. The van der Waals surface area contributed by atoms with Gasteiger partial charge in [0.15, 0.2) is 0 Å². The van der Waals surface area contributed by atoms with Crippen LogP contribution in [-0.4, -0.2) is 47.7 Å².